The average Bonchev–Trinajstić information content (AvgIpc) is 2.63. The standard InChI is InChI=1S/C16H21N4O7P/c21-15-16(22)19-14-11(6-12(20(23)24)7-13(14)18-15)8-17-27-28(25,26)9-10-4-2-1-3-5-10/h6-7,10,17H,1-5,8-9H2,(H,18,21)(H,19,22)(H,25,26). The Bertz CT molecular complexity index is 1040. The number of fused-ring (bicyclic) bond motifs is 1. The van der Waals surface area contributed by atoms with Crippen molar-refractivity contribution in [2.24, 2.45) is 5.92 Å². The third kappa shape index (κ3) is 4.93. The van der Waals surface area contributed by atoms with E-state index in [1.807, 2.05) is 0 Å². The molecule has 1 unspecified atom stereocenters. The average molecular weight is 412 g/mol. The first-order valence-corrected chi connectivity index (χ1v) is 10.7. The van der Waals surface area contributed by atoms with Gasteiger partial charge in [0.05, 0.1) is 22.1 Å². The number of nitro benzene ring substituents is 1. The number of nitrogens with one attached hydrogen (secondary N) is 3. The van der Waals surface area contributed by atoms with Gasteiger partial charge in [-0.05, 0) is 18.8 Å². The van der Waals surface area contributed by atoms with Crippen LogP contribution in [0.2, 0.25) is 0 Å². The van der Waals surface area contributed by atoms with E-state index in [-0.39, 0.29) is 40.9 Å². The summed E-state index contributed by atoms with van der Waals surface area (Å²) >= 11 is 0. The fraction of sp³-hybridized carbons (Fsp3) is 0.500. The minimum atomic E-state index is -3.88. The molecule has 11 nitrogen and oxygen atoms in total. The van der Waals surface area contributed by atoms with Gasteiger partial charge in [0, 0.05) is 24.2 Å². The number of hydroxylamine groups is 1. The van der Waals surface area contributed by atoms with E-state index in [9.17, 15) is 29.2 Å². The highest BCUT2D eigenvalue weighted by molar-refractivity contribution is 7.52. The van der Waals surface area contributed by atoms with Gasteiger partial charge in [-0.2, -0.15) is 5.48 Å². The minimum absolute atomic E-state index is 0.0415. The van der Waals surface area contributed by atoms with Gasteiger partial charge >= 0.3 is 18.7 Å². The lowest BCUT2D eigenvalue weighted by Crippen LogP contribution is -2.29. The van der Waals surface area contributed by atoms with Crippen LogP contribution in [-0.4, -0.2) is 25.9 Å². The van der Waals surface area contributed by atoms with E-state index in [2.05, 4.69) is 15.4 Å². The van der Waals surface area contributed by atoms with E-state index in [0.717, 1.165) is 38.2 Å². The van der Waals surface area contributed by atoms with Crippen LogP contribution < -0.4 is 16.6 Å². The van der Waals surface area contributed by atoms with Gasteiger partial charge in [0.1, 0.15) is 0 Å². The van der Waals surface area contributed by atoms with E-state index in [4.69, 9.17) is 4.62 Å². The van der Waals surface area contributed by atoms with Gasteiger partial charge in [-0.15, -0.1) is 0 Å². The number of nitrogens with zero attached hydrogens (tertiary/aromatic N) is 1. The second kappa shape index (κ2) is 8.36. The zero-order valence-electron chi connectivity index (χ0n) is 15.0. The molecule has 1 aliphatic rings. The number of non-ortho nitro benzene ring substituents is 1. The van der Waals surface area contributed by atoms with Gasteiger partial charge in [0.15, 0.2) is 0 Å². The lowest BCUT2D eigenvalue weighted by Gasteiger charge is -2.23. The van der Waals surface area contributed by atoms with E-state index >= 15 is 0 Å². The number of H-pyrrole nitrogens is 2. The van der Waals surface area contributed by atoms with Crippen LogP contribution in [0.4, 0.5) is 5.69 Å². The molecule has 1 aromatic heterocycles. The second-order valence-corrected chi connectivity index (χ2v) is 8.75. The van der Waals surface area contributed by atoms with Gasteiger partial charge in [0.2, 0.25) is 0 Å². The summed E-state index contributed by atoms with van der Waals surface area (Å²) < 4.78 is 17.2. The summed E-state index contributed by atoms with van der Waals surface area (Å²) in [6.07, 6.45) is 5.01. The number of aromatic amines is 2. The first-order chi connectivity index (χ1) is 13.2. The van der Waals surface area contributed by atoms with Gasteiger partial charge in [-0.25, -0.2) is 4.62 Å². The van der Waals surface area contributed by atoms with Gasteiger partial charge in [-0.3, -0.25) is 24.3 Å². The SMILES string of the molecule is O=c1[nH]c2cc([N+](=O)[O-])cc(CNOP(=O)(O)CC3CCCCC3)c2[nH]c1=O. The smallest absolute Gasteiger partial charge is 0.323 e. The lowest BCUT2D eigenvalue weighted by molar-refractivity contribution is -0.384. The van der Waals surface area contributed by atoms with Crippen LogP contribution in [0.15, 0.2) is 21.7 Å². The Morgan fingerprint density at radius 2 is 1.89 bits per heavy atom. The molecule has 3 rings (SSSR count). The summed E-state index contributed by atoms with van der Waals surface area (Å²) in [7, 11) is -3.88. The zero-order chi connectivity index (χ0) is 20.3. The largest absolute Gasteiger partial charge is 0.344 e. The molecule has 1 saturated carbocycles. The Morgan fingerprint density at radius 1 is 1.21 bits per heavy atom. The molecule has 1 heterocycles. The number of rotatable bonds is 7. The van der Waals surface area contributed by atoms with Crippen molar-refractivity contribution in [1.29, 1.82) is 0 Å². The fourth-order valence-electron chi connectivity index (χ4n) is 3.47. The van der Waals surface area contributed by atoms with Crippen LogP contribution in [0.5, 0.6) is 0 Å². The molecular formula is C16H21N4O7P. The Morgan fingerprint density at radius 3 is 2.57 bits per heavy atom. The maximum absolute atomic E-state index is 12.3. The highest BCUT2D eigenvalue weighted by atomic mass is 31.2. The van der Waals surface area contributed by atoms with Crippen molar-refractivity contribution in [1.82, 2.24) is 15.4 Å². The Hall–Kier alpha value is -2.33. The van der Waals surface area contributed by atoms with E-state index in [1.165, 1.54) is 6.07 Å². The summed E-state index contributed by atoms with van der Waals surface area (Å²) in [5.41, 5.74) is 0.705. The molecular weight excluding hydrogens is 391 g/mol. The fourth-order valence-corrected chi connectivity index (χ4v) is 4.83. The van der Waals surface area contributed by atoms with Crippen LogP contribution in [0.25, 0.3) is 11.0 Å². The summed E-state index contributed by atoms with van der Waals surface area (Å²) in [6.45, 7) is -0.185. The van der Waals surface area contributed by atoms with Gasteiger partial charge in [-0.1, -0.05) is 19.3 Å². The molecule has 4 N–H and O–H groups in total. The van der Waals surface area contributed by atoms with Crippen molar-refractivity contribution in [2.75, 3.05) is 6.16 Å². The normalized spacial score (nSPS) is 17.5. The first-order valence-electron chi connectivity index (χ1n) is 8.92. The molecule has 2 aromatic rings. The lowest BCUT2D eigenvalue weighted by atomic mass is 9.91. The molecule has 1 fully saturated rings. The van der Waals surface area contributed by atoms with E-state index in [1.54, 1.807) is 0 Å². The Kier molecular flexibility index (Phi) is 6.09. The third-order valence-corrected chi connectivity index (χ3v) is 6.18. The van der Waals surface area contributed by atoms with Crippen LogP contribution in [0.1, 0.15) is 37.7 Å². The van der Waals surface area contributed by atoms with Crippen LogP contribution in [0.3, 0.4) is 0 Å². The quantitative estimate of drug-likeness (QED) is 0.231. The summed E-state index contributed by atoms with van der Waals surface area (Å²) in [5.74, 6) is 0.131. The van der Waals surface area contributed by atoms with E-state index < -0.39 is 23.6 Å². The maximum Gasteiger partial charge on any atom is 0.344 e. The number of benzene rings is 1. The number of aromatic nitrogens is 2. The van der Waals surface area contributed by atoms with Crippen molar-refractivity contribution < 1.29 is 19.0 Å². The molecule has 0 saturated heterocycles. The first kappa shape index (κ1) is 20.4. The number of hydrogen-bond acceptors (Lipinski definition) is 7. The summed E-state index contributed by atoms with van der Waals surface area (Å²) in [5, 5.41) is 11.1. The summed E-state index contributed by atoms with van der Waals surface area (Å²) in [6, 6.07) is 2.31. The topological polar surface area (TPSA) is 167 Å². The van der Waals surface area contributed by atoms with Gasteiger partial charge in [0.25, 0.3) is 5.69 Å². The molecule has 0 spiro atoms. The molecule has 0 aliphatic heterocycles. The van der Waals surface area contributed by atoms with E-state index in [0.29, 0.717) is 0 Å². The van der Waals surface area contributed by atoms with Crippen molar-refractivity contribution in [3.63, 3.8) is 0 Å². The third-order valence-electron chi connectivity index (χ3n) is 4.79. The van der Waals surface area contributed by atoms with Crippen molar-refractivity contribution >= 4 is 24.3 Å². The van der Waals surface area contributed by atoms with Crippen LogP contribution >= 0.6 is 7.60 Å². The zero-order valence-corrected chi connectivity index (χ0v) is 15.9. The highest BCUT2D eigenvalue weighted by Gasteiger charge is 2.27. The molecule has 0 bridgehead atoms. The predicted molar refractivity (Wildman–Crippen MR) is 101 cm³/mol. The van der Waals surface area contributed by atoms with Crippen molar-refractivity contribution in [3.05, 3.63) is 48.5 Å². The number of nitro groups is 1. The van der Waals surface area contributed by atoms with Crippen LogP contribution in [-0.2, 0) is 15.7 Å². The molecule has 1 atom stereocenters. The molecule has 0 amide bonds. The highest BCUT2D eigenvalue weighted by Crippen LogP contribution is 2.45. The molecule has 0 radical (unpaired) electrons. The van der Waals surface area contributed by atoms with Crippen molar-refractivity contribution in [3.8, 4) is 0 Å². The predicted octanol–water partition coefficient (Wildman–Crippen LogP) is 1.91. The molecule has 152 valence electrons. The number of hydrogen-bond donors (Lipinski definition) is 4. The Balaban J connectivity index is 1.76. The molecule has 28 heavy (non-hydrogen) atoms. The second-order valence-electron chi connectivity index (χ2n) is 6.93. The molecule has 1 aliphatic carbocycles. The van der Waals surface area contributed by atoms with Crippen LogP contribution in [0, 0.1) is 16.0 Å². The molecule has 1 aromatic carbocycles. The Labute approximate surface area is 158 Å². The van der Waals surface area contributed by atoms with Crippen molar-refractivity contribution in [2.45, 2.75) is 38.6 Å². The molecule has 12 heteroatoms. The minimum Gasteiger partial charge on any atom is -0.323 e. The monoisotopic (exact) mass is 412 g/mol. The summed E-state index contributed by atoms with van der Waals surface area (Å²) in [4.78, 5) is 48.2. The van der Waals surface area contributed by atoms with Gasteiger partial charge < -0.3 is 14.9 Å². The maximum atomic E-state index is 12.3.